The molecule has 0 saturated carbocycles. The van der Waals surface area contributed by atoms with E-state index in [0.29, 0.717) is 19.1 Å². The van der Waals surface area contributed by atoms with Crippen LogP contribution in [-0.2, 0) is 19.6 Å². The van der Waals surface area contributed by atoms with Gasteiger partial charge in [-0.2, -0.15) is 10.2 Å². The van der Waals surface area contributed by atoms with Crippen molar-refractivity contribution in [1.82, 2.24) is 24.9 Å². The van der Waals surface area contributed by atoms with Gasteiger partial charge in [-0.15, -0.1) is 0 Å². The van der Waals surface area contributed by atoms with Crippen LogP contribution in [0.5, 0.6) is 0 Å². The molecule has 0 bridgehead atoms. The lowest BCUT2D eigenvalue weighted by atomic mass is 10.2. The maximum Gasteiger partial charge on any atom is 0.109 e. The lowest BCUT2D eigenvalue weighted by Crippen LogP contribution is -2.18. The third-order valence-corrected chi connectivity index (χ3v) is 3.38. The van der Waals surface area contributed by atoms with Crippen LogP contribution >= 0.6 is 0 Å². The summed E-state index contributed by atoms with van der Waals surface area (Å²) in [4.78, 5) is 0. The third kappa shape index (κ3) is 3.66. The number of aryl methyl sites for hydroxylation is 1. The van der Waals surface area contributed by atoms with Crippen LogP contribution in [0, 0.1) is 0 Å². The molecule has 0 fully saturated rings. The Morgan fingerprint density at radius 2 is 2.20 bits per heavy atom. The zero-order valence-corrected chi connectivity index (χ0v) is 12.1. The Labute approximate surface area is 118 Å². The number of rotatable bonds is 8. The standard InChI is InChI=1S/C14H22FN5/c1-3-12(2)20-14(4-7-17-20)11-16-10-13-5-8-19(18-13)9-6-15/h4-5,7-8,12,16H,3,6,9-11H2,1-2H3. The van der Waals surface area contributed by atoms with Gasteiger partial charge in [0.25, 0.3) is 0 Å². The molecule has 0 spiro atoms. The third-order valence-electron chi connectivity index (χ3n) is 3.38. The lowest BCUT2D eigenvalue weighted by molar-refractivity contribution is 0.424. The van der Waals surface area contributed by atoms with Crippen molar-refractivity contribution >= 4 is 0 Å². The first-order chi connectivity index (χ1) is 9.74. The van der Waals surface area contributed by atoms with Crippen LogP contribution in [0.4, 0.5) is 4.39 Å². The fourth-order valence-electron chi connectivity index (χ4n) is 2.08. The minimum Gasteiger partial charge on any atom is -0.305 e. The van der Waals surface area contributed by atoms with Crippen molar-refractivity contribution in [2.45, 2.75) is 45.9 Å². The van der Waals surface area contributed by atoms with Crippen molar-refractivity contribution in [2.75, 3.05) is 6.67 Å². The molecule has 0 aliphatic heterocycles. The summed E-state index contributed by atoms with van der Waals surface area (Å²) < 4.78 is 15.9. The van der Waals surface area contributed by atoms with Crippen LogP contribution in [0.15, 0.2) is 24.5 Å². The monoisotopic (exact) mass is 279 g/mol. The highest BCUT2D eigenvalue weighted by molar-refractivity contribution is 5.03. The fraction of sp³-hybridized carbons (Fsp3) is 0.571. The van der Waals surface area contributed by atoms with Gasteiger partial charge in [-0.25, -0.2) is 4.39 Å². The molecule has 0 aromatic carbocycles. The Hall–Kier alpha value is -1.69. The van der Waals surface area contributed by atoms with E-state index in [9.17, 15) is 4.39 Å². The minimum atomic E-state index is -0.386. The van der Waals surface area contributed by atoms with E-state index in [4.69, 9.17) is 0 Å². The fourth-order valence-corrected chi connectivity index (χ4v) is 2.08. The molecule has 110 valence electrons. The average molecular weight is 279 g/mol. The van der Waals surface area contributed by atoms with E-state index < -0.39 is 0 Å². The van der Waals surface area contributed by atoms with Gasteiger partial charge in [-0.3, -0.25) is 9.36 Å². The van der Waals surface area contributed by atoms with Gasteiger partial charge in [0.2, 0.25) is 0 Å². The van der Waals surface area contributed by atoms with E-state index in [0.717, 1.165) is 18.7 Å². The van der Waals surface area contributed by atoms with Gasteiger partial charge in [-0.1, -0.05) is 6.92 Å². The van der Waals surface area contributed by atoms with Gasteiger partial charge in [0.1, 0.15) is 6.67 Å². The first-order valence-corrected chi connectivity index (χ1v) is 7.06. The first kappa shape index (κ1) is 14.7. The molecule has 2 aromatic rings. The number of hydrogen-bond acceptors (Lipinski definition) is 3. The molecule has 0 saturated heterocycles. The Morgan fingerprint density at radius 1 is 1.35 bits per heavy atom. The summed E-state index contributed by atoms with van der Waals surface area (Å²) in [6, 6.07) is 4.35. The van der Waals surface area contributed by atoms with Crippen molar-refractivity contribution in [1.29, 1.82) is 0 Å². The topological polar surface area (TPSA) is 47.7 Å². The Bertz CT molecular complexity index is 519. The molecule has 20 heavy (non-hydrogen) atoms. The largest absolute Gasteiger partial charge is 0.305 e. The number of nitrogens with zero attached hydrogens (tertiary/aromatic N) is 4. The predicted molar refractivity (Wildman–Crippen MR) is 76.0 cm³/mol. The van der Waals surface area contributed by atoms with Gasteiger partial charge in [-0.05, 0) is 25.5 Å². The summed E-state index contributed by atoms with van der Waals surface area (Å²) in [5, 5.41) is 12.0. The molecular formula is C14H22FN5. The van der Waals surface area contributed by atoms with Crippen LogP contribution in [0.1, 0.15) is 37.7 Å². The summed E-state index contributed by atoms with van der Waals surface area (Å²) in [6.45, 7) is 5.67. The molecule has 0 radical (unpaired) electrons. The summed E-state index contributed by atoms with van der Waals surface area (Å²) in [6.07, 6.45) is 4.70. The Balaban J connectivity index is 1.84. The molecule has 0 aliphatic rings. The molecule has 1 atom stereocenters. The number of halogens is 1. The molecule has 5 nitrogen and oxygen atoms in total. The molecule has 1 N–H and O–H groups in total. The van der Waals surface area contributed by atoms with Crippen LogP contribution in [-0.4, -0.2) is 26.2 Å². The second-order valence-electron chi connectivity index (χ2n) is 4.89. The molecular weight excluding hydrogens is 257 g/mol. The van der Waals surface area contributed by atoms with Crippen molar-refractivity contribution in [3.05, 3.63) is 35.9 Å². The maximum absolute atomic E-state index is 12.2. The quantitative estimate of drug-likeness (QED) is 0.806. The first-order valence-electron chi connectivity index (χ1n) is 7.06. The van der Waals surface area contributed by atoms with Crippen molar-refractivity contribution < 1.29 is 4.39 Å². The van der Waals surface area contributed by atoms with Crippen LogP contribution in [0.25, 0.3) is 0 Å². The van der Waals surface area contributed by atoms with Gasteiger partial charge in [0, 0.05) is 31.5 Å². The summed E-state index contributed by atoms with van der Waals surface area (Å²) >= 11 is 0. The Kier molecular flexibility index (Phi) is 5.29. The maximum atomic E-state index is 12.2. The second kappa shape index (κ2) is 7.19. The highest BCUT2D eigenvalue weighted by atomic mass is 19.1. The van der Waals surface area contributed by atoms with Crippen molar-refractivity contribution in [3.63, 3.8) is 0 Å². The highest BCUT2D eigenvalue weighted by Gasteiger charge is 2.08. The lowest BCUT2D eigenvalue weighted by Gasteiger charge is -2.13. The molecule has 2 aromatic heterocycles. The van der Waals surface area contributed by atoms with E-state index in [1.807, 2.05) is 18.3 Å². The Morgan fingerprint density at radius 3 is 2.95 bits per heavy atom. The average Bonchev–Trinajstić information content (AvgIpc) is 3.08. The molecule has 0 aliphatic carbocycles. The van der Waals surface area contributed by atoms with Crippen LogP contribution in [0.3, 0.4) is 0 Å². The normalized spacial score (nSPS) is 12.8. The van der Waals surface area contributed by atoms with E-state index in [-0.39, 0.29) is 6.67 Å². The van der Waals surface area contributed by atoms with E-state index in [1.54, 1.807) is 10.9 Å². The minimum absolute atomic E-state index is 0.320. The van der Waals surface area contributed by atoms with Crippen molar-refractivity contribution in [3.8, 4) is 0 Å². The number of hydrogen-bond donors (Lipinski definition) is 1. The van der Waals surface area contributed by atoms with Gasteiger partial charge in [0.05, 0.1) is 17.9 Å². The molecule has 2 heterocycles. The number of aromatic nitrogens is 4. The number of nitrogens with one attached hydrogen (secondary N) is 1. The SMILES string of the molecule is CCC(C)n1nccc1CNCc1ccn(CCF)n1. The summed E-state index contributed by atoms with van der Waals surface area (Å²) in [5.74, 6) is 0. The zero-order chi connectivity index (χ0) is 14.4. The smallest absolute Gasteiger partial charge is 0.109 e. The van der Waals surface area contributed by atoms with Crippen LogP contribution in [0.2, 0.25) is 0 Å². The van der Waals surface area contributed by atoms with Gasteiger partial charge >= 0.3 is 0 Å². The summed E-state index contributed by atoms with van der Waals surface area (Å²) in [5.41, 5.74) is 2.09. The molecule has 6 heteroatoms. The molecule has 2 rings (SSSR count). The highest BCUT2D eigenvalue weighted by Crippen LogP contribution is 2.12. The second-order valence-corrected chi connectivity index (χ2v) is 4.89. The molecule has 1 unspecified atom stereocenters. The van der Waals surface area contributed by atoms with E-state index in [2.05, 4.69) is 34.0 Å². The summed E-state index contributed by atoms with van der Waals surface area (Å²) in [7, 11) is 0. The van der Waals surface area contributed by atoms with Crippen molar-refractivity contribution in [2.24, 2.45) is 0 Å². The van der Waals surface area contributed by atoms with Crippen LogP contribution < -0.4 is 5.32 Å². The van der Waals surface area contributed by atoms with Gasteiger partial charge in [0.15, 0.2) is 0 Å². The van der Waals surface area contributed by atoms with Gasteiger partial charge < -0.3 is 5.32 Å². The zero-order valence-electron chi connectivity index (χ0n) is 12.1. The molecule has 0 amide bonds. The predicted octanol–water partition coefficient (Wildman–Crippen LogP) is 2.31. The van der Waals surface area contributed by atoms with E-state index >= 15 is 0 Å². The number of alkyl halides is 1. The van der Waals surface area contributed by atoms with E-state index in [1.165, 1.54) is 5.69 Å².